The molecule has 21 heavy (non-hydrogen) atoms. The normalized spacial score (nSPS) is 12.6. The summed E-state index contributed by atoms with van der Waals surface area (Å²) in [4.78, 5) is 10.9. The number of hydrogen-bond donors (Lipinski definition) is 2. The topological polar surface area (TPSA) is 62.5 Å². The highest BCUT2D eigenvalue weighted by Crippen LogP contribution is 2.32. The first-order chi connectivity index (χ1) is 10.1. The van der Waals surface area contributed by atoms with Crippen molar-refractivity contribution in [3.8, 4) is 0 Å². The minimum atomic E-state index is -1.09. The molecule has 0 saturated carbocycles. The molecule has 106 valence electrons. The zero-order chi connectivity index (χ0) is 15.0. The second kappa shape index (κ2) is 5.07. The summed E-state index contributed by atoms with van der Waals surface area (Å²) in [7, 11) is 0. The first-order valence-electron chi connectivity index (χ1n) is 6.66. The van der Waals surface area contributed by atoms with E-state index in [1.54, 1.807) is 4.57 Å². The lowest BCUT2D eigenvalue weighted by Gasteiger charge is -2.15. The number of benzene rings is 2. The number of aliphatic carboxylic acids is 1. The zero-order valence-corrected chi connectivity index (χ0v) is 11.4. The number of nitrogens with zero attached hydrogens (tertiary/aromatic N) is 1. The summed E-state index contributed by atoms with van der Waals surface area (Å²) in [6.07, 6.45) is -0.976. The van der Waals surface area contributed by atoms with Crippen LogP contribution in [-0.2, 0) is 4.79 Å². The molecule has 3 aromatic rings. The number of aliphatic hydroxyl groups is 1. The lowest BCUT2D eigenvalue weighted by atomic mass is 10.2. The van der Waals surface area contributed by atoms with Crippen LogP contribution in [0.15, 0.2) is 60.7 Å². The average molecular weight is 281 g/mol. The summed E-state index contributed by atoms with van der Waals surface area (Å²) in [6.45, 7) is 3.49. The number of aliphatic hydroxyl groups excluding tert-OH is 1. The van der Waals surface area contributed by atoms with Gasteiger partial charge in [-0.3, -0.25) is 0 Å². The summed E-state index contributed by atoms with van der Waals surface area (Å²) in [5.74, 6) is -1.09. The maximum absolute atomic E-state index is 10.9. The SMILES string of the molecule is C=C(CC(O)n1c2ccccc2c2ccccc21)C(=O)O. The second-order valence-electron chi connectivity index (χ2n) is 5.00. The Hall–Kier alpha value is -2.59. The number of rotatable bonds is 4. The van der Waals surface area contributed by atoms with Gasteiger partial charge in [0.2, 0.25) is 0 Å². The third kappa shape index (κ3) is 2.19. The van der Waals surface area contributed by atoms with Gasteiger partial charge in [-0.25, -0.2) is 4.79 Å². The Labute approximate surface area is 121 Å². The Morgan fingerprint density at radius 3 is 2.00 bits per heavy atom. The minimum absolute atomic E-state index is 0.00985. The fourth-order valence-corrected chi connectivity index (χ4v) is 2.67. The van der Waals surface area contributed by atoms with Crippen molar-refractivity contribution < 1.29 is 15.0 Å². The molecule has 1 aromatic heterocycles. The summed E-state index contributed by atoms with van der Waals surface area (Å²) in [6, 6.07) is 15.5. The maximum atomic E-state index is 10.9. The molecule has 1 atom stereocenters. The number of carboxylic acids is 1. The van der Waals surface area contributed by atoms with Crippen molar-refractivity contribution in [2.75, 3.05) is 0 Å². The number of aromatic nitrogens is 1. The Kier molecular flexibility index (Phi) is 3.23. The molecule has 2 aromatic carbocycles. The van der Waals surface area contributed by atoms with E-state index in [-0.39, 0.29) is 12.0 Å². The summed E-state index contributed by atoms with van der Waals surface area (Å²) in [5.41, 5.74) is 1.75. The van der Waals surface area contributed by atoms with Gasteiger partial charge < -0.3 is 14.8 Å². The molecule has 0 amide bonds. The van der Waals surface area contributed by atoms with Crippen LogP contribution >= 0.6 is 0 Å². The molecule has 1 heterocycles. The van der Waals surface area contributed by atoms with Crippen molar-refractivity contribution in [3.05, 3.63) is 60.7 Å². The first-order valence-corrected chi connectivity index (χ1v) is 6.66. The van der Waals surface area contributed by atoms with Gasteiger partial charge in [0.25, 0.3) is 0 Å². The average Bonchev–Trinajstić information content (AvgIpc) is 2.81. The van der Waals surface area contributed by atoms with E-state index < -0.39 is 12.2 Å². The van der Waals surface area contributed by atoms with Crippen LogP contribution in [0, 0.1) is 0 Å². The van der Waals surface area contributed by atoms with Crippen LogP contribution in [0.5, 0.6) is 0 Å². The molecule has 0 aliphatic carbocycles. The van der Waals surface area contributed by atoms with Crippen molar-refractivity contribution in [2.45, 2.75) is 12.6 Å². The van der Waals surface area contributed by atoms with Crippen molar-refractivity contribution in [1.82, 2.24) is 4.57 Å². The van der Waals surface area contributed by atoms with Crippen LogP contribution in [0.25, 0.3) is 21.8 Å². The van der Waals surface area contributed by atoms with E-state index in [1.807, 2.05) is 48.5 Å². The second-order valence-corrected chi connectivity index (χ2v) is 5.00. The number of para-hydroxylation sites is 2. The van der Waals surface area contributed by atoms with E-state index in [0.29, 0.717) is 0 Å². The van der Waals surface area contributed by atoms with Gasteiger partial charge in [-0.1, -0.05) is 43.0 Å². The highest BCUT2D eigenvalue weighted by Gasteiger charge is 2.18. The Balaban J connectivity index is 2.20. The van der Waals surface area contributed by atoms with E-state index >= 15 is 0 Å². The number of hydrogen-bond acceptors (Lipinski definition) is 2. The van der Waals surface area contributed by atoms with Crippen LogP contribution in [-0.4, -0.2) is 20.7 Å². The fourth-order valence-electron chi connectivity index (χ4n) is 2.67. The predicted molar refractivity (Wildman–Crippen MR) is 82.1 cm³/mol. The number of carbonyl (C=O) groups is 1. The fraction of sp³-hybridized carbons (Fsp3) is 0.118. The smallest absolute Gasteiger partial charge is 0.331 e. The van der Waals surface area contributed by atoms with Gasteiger partial charge in [0.1, 0.15) is 6.23 Å². The summed E-state index contributed by atoms with van der Waals surface area (Å²) >= 11 is 0. The summed E-state index contributed by atoms with van der Waals surface area (Å²) in [5, 5.41) is 21.5. The van der Waals surface area contributed by atoms with Gasteiger partial charge in [-0.15, -0.1) is 0 Å². The van der Waals surface area contributed by atoms with Gasteiger partial charge in [-0.2, -0.15) is 0 Å². The minimum Gasteiger partial charge on any atom is -0.478 e. The van der Waals surface area contributed by atoms with Crippen LogP contribution in [0.1, 0.15) is 12.6 Å². The van der Waals surface area contributed by atoms with E-state index in [4.69, 9.17) is 5.11 Å². The van der Waals surface area contributed by atoms with Crippen molar-refractivity contribution in [2.24, 2.45) is 0 Å². The Bertz CT molecular complexity index is 794. The molecule has 3 rings (SSSR count). The van der Waals surface area contributed by atoms with Crippen molar-refractivity contribution in [1.29, 1.82) is 0 Å². The van der Waals surface area contributed by atoms with Gasteiger partial charge in [-0.05, 0) is 12.1 Å². The molecule has 0 saturated heterocycles. The monoisotopic (exact) mass is 281 g/mol. The first kappa shape index (κ1) is 13.4. The van der Waals surface area contributed by atoms with E-state index in [2.05, 4.69) is 6.58 Å². The quantitative estimate of drug-likeness (QED) is 0.721. The molecule has 0 bridgehead atoms. The standard InChI is InChI=1S/C17H15NO3/c1-11(17(20)21)10-16(19)18-14-8-4-2-6-12(14)13-7-3-5-9-15(13)18/h2-9,16,19H,1,10H2,(H,20,21). The van der Waals surface area contributed by atoms with E-state index in [9.17, 15) is 9.90 Å². The molecule has 0 fully saturated rings. The van der Waals surface area contributed by atoms with Crippen molar-refractivity contribution >= 4 is 27.8 Å². The highest BCUT2D eigenvalue weighted by atomic mass is 16.4. The molecule has 0 spiro atoms. The molecule has 1 unspecified atom stereocenters. The van der Waals surface area contributed by atoms with Crippen molar-refractivity contribution in [3.63, 3.8) is 0 Å². The van der Waals surface area contributed by atoms with E-state index in [1.165, 1.54) is 0 Å². The van der Waals surface area contributed by atoms with Gasteiger partial charge in [0.15, 0.2) is 0 Å². The number of fused-ring (bicyclic) bond motifs is 3. The maximum Gasteiger partial charge on any atom is 0.331 e. The zero-order valence-electron chi connectivity index (χ0n) is 11.4. The molecule has 0 aliphatic rings. The van der Waals surface area contributed by atoms with Crippen LogP contribution in [0.4, 0.5) is 0 Å². The highest BCUT2D eigenvalue weighted by molar-refractivity contribution is 6.08. The lowest BCUT2D eigenvalue weighted by Crippen LogP contribution is -2.12. The summed E-state index contributed by atoms with van der Waals surface area (Å²) < 4.78 is 1.76. The van der Waals surface area contributed by atoms with E-state index in [0.717, 1.165) is 21.8 Å². The molecule has 4 heteroatoms. The molecule has 4 nitrogen and oxygen atoms in total. The lowest BCUT2D eigenvalue weighted by molar-refractivity contribution is -0.133. The molecule has 0 radical (unpaired) electrons. The van der Waals surface area contributed by atoms with Gasteiger partial charge >= 0.3 is 5.97 Å². The number of carboxylic acid groups (broad SMARTS) is 1. The largest absolute Gasteiger partial charge is 0.478 e. The third-order valence-corrected chi connectivity index (χ3v) is 3.65. The molecular formula is C17H15NO3. The van der Waals surface area contributed by atoms with Crippen LogP contribution in [0.3, 0.4) is 0 Å². The van der Waals surface area contributed by atoms with Gasteiger partial charge in [0, 0.05) is 22.8 Å². The van der Waals surface area contributed by atoms with Crippen LogP contribution < -0.4 is 0 Å². The molecule has 2 N–H and O–H groups in total. The Morgan fingerprint density at radius 1 is 1.05 bits per heavy atom. The van der Waals surface area contributed by atoms with Gasteiger partial charge in [0.05, 0.1) is 11.0 Å². The molecular weight excluding hydrogens is 266 g/mol. The molecule has 0 aliphatic heterocycles. The Morgan fingerprint density at radius 2 is 1.52 bits per heavy atom. The predicted octanol–water partition coefficient (Wildman–Crippen LogP) is 3.32. The third-order valence-electron chi connectivity index (χ3n) is 3.65. The van der Waals surface area contributed by atoms with Crippen LogP contribution in [0.2, 0.25) is 0 Å².